The number of primary amides is 1. The average molecular weight is 341 g/mol. The summed E-state index contributed by atoms with van der Waals surface area (Å²) in [4.78, 5) is 24.2. The summed E-state index contributed by atoms with van der Waals surface area (Å²) in [6.45, 7) is 2.96. The van der Waals surface area contributed by atoms with E-state index in [0.29, 0.717) is 19.7 Å². The van der Waals surface area contributed by atoms with Gasteiger partial charge in [0.05, 0.1) is 37.3 Å². The molecule has 1 aromatic heterocycles. The van der Waals surface area contributed by atoms with E-state index in [2.05, 4.69) is 9.88 Å². The van der Waals surface area contributed by atoms with Crippen LogP contribution in [0.1, 0.15) is 0 Å². The van der Waals surface area contributed by atoms with E-state index in [1.54, 1.807) is 12.4 Å². The van der Waals surface area contributed by atoms with Gasteiger partial charge < -0.3 is 15.4 Å². The summed E-state index contributed by atoms with van der Waals surface area (Å²) < 4.78 is 5.81. The third kappa shape index (κ3) is 4.74. The molecule has 7 heteroatoms. The fourth-order valence-corrected chi connectivity index (χ4v) is 2.97. The number of hydrogen-bond donors (Lipinski definition) is 1. The SMILES string of the molecule is CN(CC(N)=O)CC1CN(c2cncc(-c3ccccc3)n2)CCO1. The van der Waals surface area contributed by atoms with Gasteiger partial charge in [-0.25, -0.2) is 4.98 Å². The quantitative estimate of drug-likeness (QED) is 0.835. The van der Waals surface area contributed by atoms with Crippen LogP contribution in [0.2, 0.25) is 0 Å². The van der Waals surface area contributed by atoms with Gasteiger partial charge in [0.2, 0.25) is 5.91 Å². The maximum Gasteiger partial charge on any atom is 0.231 e. The molecular formula is C18H23N5O2. The maximum absolute atomic E-state index is 11.0. The lowest BCUT2D eigenvalue weighted by molar-refractivity contribution is -0.119. The number of ether oxygens (including phenoxy) is 1. The molecule has 0 bridgehead atoms. The van der Waals surface area contributed by atoms with E-state index >= 15 is 0 Å². The van der Waals surface area contributed by atoms with Crippen LogP contribution in [0.15, 0.2) is 42.7 Å². The van der Waals surface area contributed by atoms with Gasteiger partial charge in [0.1, 0.15) is 5.82 Å². The highest BCUT2D eigenvalue weighted by molar-refractivity contribution is 5.75. The Balaban J connectivity index is 1.68. The molecule has 3 rings (SSSR count). The van der Waals surface area contributed by atoms with Gasteiger partial charge in [-0.05, 0) is 7.05 Å². The Morgan fingerprint density at radius 2 is 2.16 bits per heavy atom. The first-order valence-electron chi connectivity index (χ1n) is 8.32. The van der Waals surface area contributed by atoms with E-state index in [1.165, 1.54) is 0 Å². The van der Waals surface area contributed by atoms with Crippen molar-refractivity contribution in [3.8, 4) is 11.3 Å². The molecule has 1 saturated heterocycles. The van der Waals surface area contributed by atoms with Gasteiger partial charge in [-0.15, -0.1) is 0 Å². The number of nitrogens with zero attached hydrogens (tertiary/aromatic N) is 4. The Bertz CT molecular complexity index is 710. The summed E-state index contributed by atoms with van der Waals surface area (Å²) in [5, 5.41) is 0. The van der Waals surface area contributed by atoms with Gasteiger partial charge in [-0.1, -0.05) is 30.3 Å². The molecule has 25 heavy (non-hydrogen) atoms. The standard InChI is InChI=1S/C18H23N5O2/c1-22(13-17(19)24)11-15-12-23(7-8-25-15)18-10-20-9-16(21-18)14-5-3-2-4-6-14/h2-6,9-10,15H,7-8,11-13H2,1H3,(H2,19,24). The number of hydrogen-bond acceptors (Lipinski definition) is 6. The lowest BCUT2D eigenvalue weighted by atomic mass is 10.2. The zero-order valence-corrected chi connectivity index (χ0v) is 14.3. The van der Waals surface area contributed by atoms with Crippen LogP contribution < -0.4 is 10.6 Å². The minimum atomic E-state index is -0.336. The van der Waals surface area contributed by atoms with Crippen molar-refractivity contribution in [2.45, 2.75) is 6.10 Å². The number of carbonyl (C=O) groups is 1. The van der Waals surface area contributed by atoms with E-state index in [4.69, 9.17) is 15.5 Å². The van der Waals surface area contributed by atoms with Crippen LogP contribution >= 0.6 is 0 Å². The van der Waals surface area contributed by atoms with Crippen LogP contribution in [-0.4, -0.2) is 66.7 Å². The van der Waals surface area contributed by atoms with Gasteiger partial charge in [0.25, 0.3) is 0 Å². The van der Waals surface area contributed by atoms with Crippen molar-refractivity contribution in [2.75, 3.05) is 44.7 Å². The molecule has 2 N–H and O–H groups in total. The van der Waals surface area contributed by atoms with E-state index in [-0.39, 0.29) is 18.6 Å². The summed E-state index contributed by atoms with van der Waals surface area (Å²) in [5.41, 5.74) is 7.14. The molecule has 0 spiro atoms. The number of carbonyl (C=O) groups excluding carboxylic acids is 1. The van der Waals surface area contributed by atoms with Gasteiger partial charge in [-0.3, -0.25) is 14.7 Å². The molecule has 2 aromatic rings. The van der Waals surface area contributed by atoms with Crippen molar-refractivity contribution in [1.29, 1.82) is 0 Å². The molecule has 132 valence electrons. The molecule has 2 heterocycles. The number of rotatable bonds is 6. The monoisotopic (exact) mass is 341 g/mol. The first-order valence-corrected chi connectivity index (χ1v) is 8.32. The Morgan fingerprint density at radius 1 is 1.36 bits per heavy atom. The van der Waals surface area contributed by atoms with Gasteiger partial charge in [0, 0.05) is 25.2 Å². The maximum atomic E-state index is 11.0. The number of nitrogens with two attached hydrogens (primary N) is 1. The minimum Gasteiger partial charge on any atom is -0.373 e. The molecule has 7 nitrogen and oxygen atoms in total. The third-order valence-corrected chi connectivity index (χ3v) is 4.10. The Kier molecular flexibility index (Phi) is 5.57. The Hall–Kier alpha value is -2.51. The summed E-state index contributed by atoms with van der Waals surface area (Å²) >= 11 is 0. The van der Waals surface area contributed by atoms with Crippen molar-refractivity contribution >= 4 is 11.7 Å². The highest BCUT2D eigenvalue weighted by Crippen LogP contribution is 2.20. The second kappa shape index (κ2) is 8.04. The second-order valence-electron chi connectivity index (χ2n) is 6.23. The van der Waals surface area contributed by atoms with Crippen molar-refractivity contribution in [3.63, 3.8) is 0 Å². The van der Waals surface area contributed by atoms with E-state index < -0.39 is 0 Å². The molecule has 0 aliphatic carbocycles. The van der Waals surface area contributed by atoms with Crippen LogP contribution in [0.25, 0.3) is 11.3 Å². The fraction of sp³-hybridized carbons (Fsp3) is 0.389. The summed E-state index contributed by atoms with van der Waals surface area (Å²) in [6.07, 6.45) is 3.56. The van der Waals surface area contributed by atoms with Crippen molar-refractivity contribution in [3.05, 3.63) is 42.7 Å². The first kappa shape index (κ1) is 17.3. The number of aromatic nitrogens is 2. The van der Waals surface area contributed by atoms with Gasteiger partial charge in [0.15, 0.2) is 0 Å². The topological polar surface area (TPSA) is 84.6 Å². The molecule has 1 fully saturated rings. The lowest BCUT2D eigenvalue weighted by Gasteiger charge is -2.35. The predicted octanol–water partition coefficient (Wildman–Crippen LogP) is 0.766. The normalized spacial score (nSPS) is 17.7. The minimum absolute atomic E-state index is 0.000261. The van der Waals surface area contributed by atoms with Crippen LogP contribution in [0, 0.1) is 0 Å². The third-order valence-electron chi connectivity index (χ3n) is 4.10. The number of amides is 1. The number of likely N-dealkylation sites (N-methyl/N-ethyl adjacent to an activating group) is 1. The molecule has 0 radical (unpaired) electrons. The summed E-state index contributed by atoms with van der Waals surface area (Å²) in [7, 11) is 1.86. The molecule has 1 atom stereocenters. The van der Waals surface area contributed by atoms with Gasteiger partial charge in [-0.2, -0.15) is 0 Å². The smallest absolute Gasteiger partial charge is 0.231 e. The highest BCUT2D eigenvalue weighted by Gasteiger charge is 2.23. The van der Waals surface area contributed by atoms with Crippen molar-refractivity contribution < 1.29 is 9.53 Å². The van der Waals surface area contributed by atoms with E-state index in [9.17, 15) is 4.79 Å². The Labute approximate surface area is 147 Å². The van der Waals surface area contributed by atoms with Crippen LogP contribution in [0.3, 0.4) is 0 Å². The summed E-state index contributed by atoms with van der Waals surface area (Å²) in [6, 6.07) is 10.0. The van der Waals surface area contributed by atoms with E-state index in [0.717, 1.165) is 23.6 Å². The molecule has 1 aromatic carbocycles. The summed E-state index contributed by atoms with van der Waals surface area (Å²) in [5.74, 6) is 0.504. The molecule has 1 unspecified atom stereocenters. The zero-order chi connectivity index (χ0) is 17.6. The molecule has 1 aliphatic heterocycles. The molecule has 1 aliphatic rings. The molecule has 0 saturated carbocycles. The van der Waals surface area contributed by atoms with Crippen molar-refractivity contribution in [1.82, 2.24) is 14.9 Å². The zero-order valence-electron chi connectivity index (χ0n) is 14.3. The highest BCUT2D eigenvalue weighted by atomic mass is 16.5. The van der Waals surface area contributed by atoms with Crippen molar-refractivity contribution in [2.24, 2.45) is 5.73 Å². The van der Waals surface area contributed by atoms with E-state index in [1.807, 2.05) is 42.3 Å². The first-order chi connectivity index (χ1) is 12.1. The van der Waals surface area contributed by atoms with Gasteiger partial charge >= 0.3 is 0 Å². The van der Waals surface area contributed by atoms with Crippen LogP contribution in [-0.2, 0) is 9.53 Å². The molecular weight excluding hydrogens is 318 g/mol. The molecule has 1 amide bonds. The average Bonchev–Trinajstić information content (AvgIpc) is 2.62. The number of benzene rings is 1. The predicted molar refractivity (Wildman–Crippen MR) is 96.1 cm³/mol. The van der Waals surface area contributed by atoms with Crippen LogP contribution in [0.4, 0.5) is 5.82 Å². The van der Waals surface area contributed by atoms with Crippen LogP contribution in [0.5, 0.6) is 0 Å². The largest absolute Gasteiger partial charge is 0.373 e. The number of anilines is 1. The number of morpholine rings is 1. The second-order valence-corrected chi connectivity index (χ2v) is 6.23. The Morgan fingerprint density at radius 3 is 2.92 bits per heavy atom. The lowest BCUT2D eigenvalue weighted by Crippen LogP contribution is -2.48. The fourth-order valence-electron chi connectivity index (χ4n) is 2.97.